The number of nitrogens with zero attached hydrogens (tertiary/aromatic N) is 2. The van der Waals surface area contributed by atoms with Crippen molar-refractivity contribution in [2.75, 3.05) is 0 Å². The summed E-state index contributed by atoms with van der Waals surface area (Å²) in [5.74, 6) is 0. The van der Waals surface area contributed by atoms with Crippen LogP contribution in [-0.4, -0.2) is 14.9 Å². The largest absolute Gasteiger partial charge is 0.424 e. The Bertz CT molecular complexity index is 476. The molecular formula is C8H6N2O2. The molecule has 0 aliphatic heterocycles. The van der Waals surface area contributed by atoms with Gasteiger partial charge in [-0.15, -0.1) is 4.73 Å². The third-order valence-corrected chi connectivity index (χ3v) is 1.65. The molecule has 0 amide bonds. The van der Waals surface area contributed by atoms with Crippen molar-refractivity contribution in [3.8, 4) is 0 Å². The molecule has 1 aromatic carbocycles. The van der Waals surface area contributed by atoms with E-state index in [1.165, 1.54) is 0 Å². The van der Waals surface area contributed by atoms with Crippen molar-refractivity contribution in [1.82, 2.24) is 9.71 Å². The van der Waals surface area contributed by atoms with E-state index >= 15 is 0 Å². The minimum atomic E-state index is -0.444. The Hall–Kier alpha value is -1.84. The molecule has 0 saturated carbocycles. The first-order chi connectivity index (χ1) is 5.79. The summed E-state index contributed by atoms with van der Waals surface area (Å²) in [6.07, 6.45) is 1.09. The van der Waals surface area contributed by atoms with Crippen molar-refractivity contribution in [3.63, 3.8) is 0 Å². The first-order valence-electron chi connectivity index (χ1n) is 3.45. The van der Waals surface area contributed by atoms with Crippen LogP contribution >= 0.6 is 0 Å². The topological polar surface area (TPSA) is 55.1 Å². The predicted octanol–water partition coefficient (Wildman–Crippen LogP) is 0.634. The Morgan fingerprint density at radius 3 is 2.92 bits per heavy atom. The average Bonchev–Trinajstić information content (AvgIpc) is 2.12. The summed E-state index contributed by atoms with van der Waals surface area (Å²) < 4.78 is 0.475. The van der Waals surface area contributed by atoms with E-state index in [2.05, 4.69) is 4.98 Å². The van der Waals surface area contributed by atoms with E-state index in [9.17, 15) is 4.79 Å². The lowest BCUT2D eigenvalue weighted by molar-refractivity contribution is 0.173. The van der Waals surface area contributed by atoms with E-state index in [4.69, 9.17) is 5.21 Å². The molecule has 0 atom stereocenters. The normalized spacial score (nSPS) is 10.3. The summed E-state index contributed by atoms with van der Waals surface area (Å²) in [4.78, 5) is 15.1. The molecule has 1 N–H and O–H groups in total. The van der Waals surface area contributed by atoms with Gasteiger partial charge in [0.25, 0.3) is 5.56 Å². The fourth-order valence-corrected chi connectivity index (χ4v) is 1.06. The Labute approximate surface area is 67.7 Å². The molecule has 4 heteroatoms. The van der Waals surface area contributed by atoms with Gasteiger partial charge in [0.1, 0.15) is 6.33 Å². The third kappa shape index (κ3) is 0.852. The van der Waals surface area contributed by atoms with Crippen LogP contribution in [0.5, 0.6) is 0 Å². The number of rotatable bonds is 0. The summed E-state index contributed by atoms with van der Waals surface area (Å²) >= 11 is 0. The lowest BCUT2D eigenvalue weighted by Crippen LogP contribution is -2.17. The highest BCUT2D eigenvalue weighted by Gasteiger charge is 1.99. The van der Waals surface area contributed by atoms with E-state index < -0.39 is 5.56 Å². The zero-order chi connectivity index (χ0) is 8.55. The zero-order valence-electron chi connectivity index (χ0n) is 6.14. The molecule has 60 valence electrons. The minimum absolute atomic E-state index is 0.419. The fraction of sp³-hybridized carbons (Fsp3) is 0. The average molecular weight is 162 g/mol. The van der Waals surface area contributed by atoms with Crippen LogP contribution in [0.1, 0.15) is 0 Å². The molecular weight excluding hydrogens is 156 g/mol. The molecule has 0 aliphatic rings. The highest BCUT2D eigenvalue weighted by molar-refractivity contribution is 5.76. The minimum Gasteiger partial charge on any atom is -0.424 e. The lowest BCUT2D eigenvalue weighted by atomic mass is 10.2. The second-order valence-corrected chi connectivity index (χ2v) is 2.41. The Balaban J connectivity index is 3.01. The number of benzene rings is 1. The monoisotopic (exact) mass is 162 g/mol. The first kappa shape index (κ1) is 6.84. The maximum absolute atomic E-state index is 11.2. The highest BCUT2D eigenvalue weighted by Crippen LogP contribution is 2.03. The fourth-order valence-electron chi connectivity index (χ4n) is 1.06. The molecule has 0 unspecified atom stereocenters. The van der Waals surface area contributed by atoms with Crippen LogP contribution < -0.4 is 5.56 Å². The lowest BCUT2D eigenvalue weighted by Gasteiger charge is -1.96. The van der Waals surface area contributed by atoms with Crippen molar-refractivity contribution >= 4 is 10.9 Å². The molecule has 4 nitrogen and oxygen atoms in total. The van der Waals surface area contributed by atoms with Gasteiger partial charge in [-0.05, 0) is 12.1 Å². The van der Waals surface area contributed by atoms with E-state index in [1.807, 2.05) is 0 Å². The van der Waals surface area contributed by atoms with Crippen molar-refractivity contribution in [2.24, 2.45) is 0 Å². The van der Waals surface area contributed by atoms with Crippen LogP contribution in [0, 0.1) is 0 Å². The maximum Gasteiger partial charge on any atom is 0.293 e. The summed E-state index contributed by atoms with van der Waals surface area (Å²) in [7, 11) is 0. The quantitative estimate of drug-likeness (QED) is 0.578. The van der Waals surface area contributed by atoms with E-state index in [0.717, 1.165) is 6.33 Å². The smallest absolute Gasteiger partial charge is 0.293 e. The second-order valence-electron chi connectivity index (χ2n) is 2.41. The highest BCUT2D eigenvalue weighted by atomic mass is 16.5. The van der Waals surface area contributed by atoms with Gasteiger partial charge in [0.05, 0.1) is 10.9 Å². The van der Waals surface area contributed by atoms with Crippen LogP contribution in [-0.2, 0) is 0 Å². The van der Waals surface area contributed by atoms with Gasteiger partial charge in [-0.25, -0.2) is 4.98 Å². The number of fused-ring (bicyclic) bond motifs is 1. The van der Waals surface area contributed by atoms with Crippen LogP contribution in [0.2, 0.25) is 0 Å². The Morgan fingerprint density at radius 2 is 2.08 bits per heavy atom. The van der Waals surface area contributed by atoms with Gasteiger partial charge in [0.15, 0.2) is 0 Å². The second kappa shape index (κ2) is 2.34. The summed E-state index contributed by atoms with van der Waals surface area (Å²) in [6.45, 7) is 0. The van der Waals surface area contributed by atoms with Crippen LogP contribution in [0.25, 0.3) is 10.9 Å². The molecule has 0 fully saturated rings. The Kier molecular flexibility index (Phi) is 1.33. The van der Waals surface area contributed by atoms with E-state index in [0.29, 0.717) is 15.6 Å². The van der Waals surface area contributed by atoms with Gasteiger partial charge in [0, 0.05) is 0 Å². The van der Waals surface area contributed by atoms with Crippen LogP contribution in [0.4, 0.5) is 0 Å². The van der Waals surface area contributed by atoms with E-state index in [1.54, 1.807) is 24.3 Å². The summed E-state index contributed by atoms with van der Waals surface area (Å²) in [6, 6.07) is 6.86. The Morgan fingerprint density at radius 1 is 1.33 bits per heavy atom. The maximum atomic E-state index is 11.2. The summed E-state index contributed by atoms with van der Waals surface area (Å²) in [5.41, 5.74) is 0.147. The standard InChI is InChI=1S/C8H6N2O2/c11-8-6-3-1-2-4-7(6)9-5-10(8)12/h1-5,12H. The third-order valence-electron chi connectivity index (χ3n) is 1.65. The first-order valence-corrected chi connectivity index (χ1v) is 3.45. The molecule has 2 rings (SSSR count). The number of aromatic nitrogens is 2. The van der Waals surface area contributed by atoms with Crippen molar-refractivity contribution in [2.45, 2.75) is 0 Å². The molecule has 1 heterocycles. The van der Waals surface area contributed by atoms with Gasteiger partial charge in [-0.1, -0.05) is 12.1 Å². The van der Waals surface area contributed by atoms with Gasteiger partial charge in [-0.2, -0.15) is 0 Å². The number of hydrogen-bond donors (Lipinski definition) is 1. The van der Waals surface area contributed by atoms with E-state index in [-0.39, 0.29) is 0 Å². The molecule has 0 saturated heterocycles. The molecule has 0 radical (unpaired) electrons. The van der Waals surface area contributed by atoms with Crippen LogP contribution in [0.3, 0.4) is 0 Å². The van der Waals surface area contributed by atoms with Crippen LogP contribution in [0.15, 0.2) is 35.4 Å². The molecule has 0 bridgehead atoms. The molecule has 0 aliphatic carbocycles. The molecule has 0 spiro atoms. The molecule has 2 aromatic rings. The van der Waals surface area contributed by atoms with Crippen molar-refractivity contribution in [1.29, 1.82) is 0 Å². The SMILES string of the molecule is O=c1c2ccccc2ncn1O. The van der Waals surface area contributed by atoms with Crippen molar-refractivity contribution < 1.29 is 5.21 Å². The molecule has 12 heavy (non-hydrogen) atoms. The van der Waals surface area contributed by atoms with Gasteiger partial charge in [-0.3, -0.25) is 4.79 Å². The van der Waals surface area contributed by atoms with Gasteiger partial charge in [0.2, 0.25) is 0 Å². The predicted molar refractivity (Wildman–Crippen MR) is 43.2 cm³/mol. The zero-order valence-corrected chi connectivity index (χ0v) is 6.14. The van der Waals surface area contributed by atoms with Gasteiger partial charge < -0.3 is 5.21 Å². The van der Waals surface area contributed by atoms with Gasteiger partial charge >= 0.3 is 0 Å². The number of para-hydroxylation sites is 1. The summed E-state index contributed by atoms with van der Waals surface area (Å²) in [5, 5.41) is 9.38. The van der Waals surface area contributed by atoms with Crippen molar-refractivity contribution in [3.05, 3.63) is 40.9 Å². The number of hydrogen-bond acceptors (Lipinski definition) is 3. The molecule has 1 aromatic heterocycles.